The summed E-state index contributed by atoms with van der Waals surface area (Å²) in [7, 11) is 0. The average Bonchev–Trinajstić information content (AvgIpc) is 2.73. The third kappa shape index (κ3) is 3.08. The summed E-state index contributed by atoms with van der Waals surface area (Å²) in [5.41, 5.74) is 15.7. The van der Waals surface area contributed by atoms with Gasteiger partial charge in [-0.15, -0.1) is 0 Å². The molecule has 8 aliphatic carbocycles. The van der Waals surface area contributed by atoms with E-state index in [1.54, 1.807) is 0 Å². The van der Waals surface area contributed by atoms with E-state index in [9.17, 15) is 0 Å². The van der Waals surface area contributed by atoms with Gasteiger partial charge >= 0.3 is 0 Å². The Labute approximate surface area is 192 Å². The van der Waals surface area contributed by atoms with Gasteiger partial charge in [-0.2, -0.15) is 0 Å². The Balaban J connectivity index is 1.10. The normalized spacial score (nSPS) is 46.8. The molecule has 0 spiro atoms. The van der Waals surface area contributed by atoms with Crippen LogP contribution in [0, 0.1) is 46.3 Å². The van der Waals surface area contributed by atoms with Crippen molar-refractivity contribution in [1.82, 2.24) is 0 Å². The van der Waals surface area contributed by atoms with Crippen LogP contribution in [0.4, 0.5) is 11.4 Å². The number of hydrogen-bond donors (Lipinski definition) is 2. The van der Waals surface area contributed by atoms with Crippen molar-refractivity contribution in [3.63, 3.8) is 0 Å². The number of amidine groups is 2. The molecule has 0 aliphatic heterocycles. The highest BCUT2D eigenvalue weighted by Gasteiger charge is 2.54. The summed E-state index contributed by atoms with van der Waals surface area (Å²) in [6.07, 6.45) is 16.2. The molecule has 9 rings (SSSR count). The summed E-state index contributed by atoms with van der Waals surface area (Å²) in [5, 5.41) is 0. The second-order valence-electron chi connectivity index (χ2n) is 12.9. The van der Waals surface area contributed by atoms with E-state index < -0.39 is 0 Å². The van der Waals surface area contributed by atoms with Crippen molar-refractivity contribution in [1.29, 1.82) is 0 Å². The molecule has 1 aromatic rings. The van der Waals surface area contributed by atoms with Crippen molar-refractivity contribution in [2.45, 2.75) is 77.0 Å². The second kappa shape index (κ2) is 6.84. The number of nitrogens with zero attached hydrogens (tertiary/aromatic N) is 2. The molecule has 0 aromatic heterocycles. The van der Waals surface area contributed by atoms with Crippen LogP contribution < -0.4 is 11.5 Å². The highest BCUT2D eigenvalue weighted by Crippen LogP contribution is 2.61. The summed E-state index contributed by atoms with van der Waals surface area (Å²) < 4.78 is 0. The van der Waals surface area contributed by atoms with E-state index in [2.05, 4.69) is 24.3 Å². The van der Waals surface area contributed by atoms with E-state index >= 15 is 0 Å². The largest absolute Gasteiger partial charge is 0.387 e. The maximum atomic E-state index is 6.70. The highest BCUT2D eigenvalue weighted by atomic mass is 14.9. The van der Waals surface area contributed by atoms with E-state index in [-0.39, 0.29) is 10.8 Å². The van der Waals surface area contributed by atoms with Crippen molar-refractivity contribution >= 4 is 23.0 Å². The molecule has 170 valence electrons. The fourth-order valence-corrected chi connectivity index (χ4v) is 9.97. The second-order valence-corrected chi connectivity index (χ2v) is 12.9. The van der Waals surface area contributed by atoms with Gasteiger partial charge in [0.2, 0.25) is 0 Å². The molecular formula is C28H38N4. The molecule has 0 heterocycles. The maximum absolute atomic E-state index is 6.70. The smallest absolute Gasteiger partial charge is 0.106 e. The monoisotopic (exact) mass is 430 g/mol. The lowest BCUT2D eigenvalue weighted by Crippen LogP contribution is -2.52. The van der Waals surface area contributed by atoms with Gasteiger partial charge < -0.3 is 11.5 Å². The van der Waals surface area contributed by atoms with Crippen LogP contribution in [0.15, 0.2) is 34.3 Å². The Kier molecular flexibility index (Phi) is 4.19. The summed E-state index contributed by atoms with van der Waals surface area (Å²) >= 11 is 0. The fraction of sp³-hybridized carbons (Fsp3) is 0.714. The molecular weight excluding hydrogens is 392 g/mol. The van der Waals surface area contributed by atoms with E-state index in [1.165, 1.54) is 77.0 Å². The lowest BCUT2D eigenvalue weighted by Gasteiger charge is -2.56. The summed E-state index contributed by atoms with van der Waals surface area (Å²) in [6.45, 7) is 0. The van der Waals surface area contributed by atoms with Crippen LogP contribution in [0.3, 0.4) is 0 Å². The van der Waals surface area contributed by atoms with Crippen molar-refractivity contribution in [3.8, 4) is 0 Å². The van der Waals surface area contributed by atoms with Crippen molar-refractivity contribution in [3.05, 3.63) is 24.3 Å². The molecule has 0 atom stereocenters. The third-order valence-electron chi connectivity index (χ3n) is 10.5. The first-order chi connectivity index (χ1) is 15.5. The first-order valence-corrected chi connectivity index (χ1v) is 13.3. The van der Waals surface area contributed by atoms with Crippen LogP contribution in [-0.2, 0) is 0 Å². The van der Waals surface area contributed by atoms with Crippen molar-refractivity contribution in [2.75, 3.05) is 0 Å². The van der Waals surface area contributed by atoms with E-state index in [0.29, 0.717) is 0 Å². The van der Waals surface area contributed by atoms with Gasteiger partial charge in [0.15, 0.2) is 0 Å². The van der Waals surface area contributed by atoms with Gasteiger partial charge in [0.25, 0.3) is 0 Å². The lowest BCUT2D eigenvalue weighted by atomic mass is 9.49. The number of aliphatic imine (C=N–C) groups is 2. The number of hydrogen-bond acceptors (Lipinski definition) is 2. The SMILES string of the molecule is NC(=Nc1ccc(N=C(N)C23CC4CC(CC(C4)C2)C3)cc1)C12CC3CC(CC(C3)C1)C2. The average molecular weight is 431 g/mol. The lowest BCUT2D eigenvalue weighted by molar-refractivity contribution is -0.0130. The maximum Gasteiger partial charge on any atom is 0.106 e. The molecule has 8 aliphatic rings. The van der Waals surface area contributed by atoms with Crippen LogP contribution in [0.5, 0.6) is 0 Å². The van der Waals surface area contributed by atoms with Gasteiger partial charge in [0.1, 0.15) is 11.7 Å². The molecule has 4 nitrogen and oxygen atoms in total. The number of nitrogens with two attached hydrogens (primary N) is 2. The molecule has 4 N–H and O–H groups in total. The van der Waals surface area contributed by atoms with E-state index in [1.807, 2.05) is 0 Å². The number of benzene rings is 1. The summed E-state index contributed by atoms with van der Waals surface area (Å²) in [6, 6.07) is 8.33. The molecule has 0 saturated heterocycles. The van der Waals surface area contributed by atoms with Crippen LogP contribution in [-0.4, -0.2) is 11.7 Å². The molecule has 8 fully saturated rings. The highest BCUT2D eigenvalue weighted by molar-refractivity contribution is 5.90. The zero-order chi connectivity index (χ0) is 21.5. The summed E-state index contributed by atoms with van der Waals surface area (Å²) in [5.74, 6) is 7.11. The molecule has 4 heteroatoms. The van der Waals surface area contributed by atoms with Gasteiger partial charge in [0.05, 0.1) is 11.4 Å². The van der Waals surface area contributed by atoms with Crippen LogP contribution >= 0.6 is 0 Å². The van der Waals surface area contributed by atoms with Crippen molar-refractivity contribution < 1.29 is 0 Å². The molecule has 0 radical (unpaired) electrons. The first-order valence-electron chi connectivity index (χ1n) is 13.3. The topological polar surface area (TPSA) is 76.8 Å². The predicted molar refractivity (Wildman–Crippen MR) is 130 cm³/mol. The van der Waals surface area contributed by atoms with Crippen molar-refractivity contribution in [2.24, 2.45) is 67.8 Å². The summed E-state index contributed by atoms with van der Waals surface area (Å²) in [4.78, 5) is 9.88. The third-order valence-corrected chi connectivity index (χ3v) is 10.5. The van der Waals surface area contributed by atoms with Gasteiger partial charge in [-0.3, -0.25) is 0 Å². The minimum absolute atomic E-state index is 0.175. The van der Waals surface area contributed by atoms with E-state index in [0.717, 1.165) is 58.6 Å². The number of rotatable bonds is 4. The zero-order valence-electron chi connectivity index (χ0n) is 19.3. The Bertz CT molecular complexity index is 822. The van der Waals surface area contributed by atoms with Gasteiger partial charge in [-0.25, -0.2) is 9.98 Å². The van der Waals surface area contributed by atoms with Crippen LogP contribution in [0.25, 0.3) is 0 Å². The fourth-order valence-electron chi connectivity index (χ4n) is 9.97. The molecule has 0 amide bonds. The molecule has 32 heavy (non-hydrogen) atoms. The van der Waals surface area contributed by atoms with Gasteiger partial charge in [-0.05, 0) is 137 Å². The van der Waals surface area contributed by atoms with E-state index in [4.69, 9.17) is 21.5 Å². The van der Waals surface area contributed by atoms with Gasteiger partial charge in [0, 0.05) is 10.8 Å². The van der Waals surface area contributed by atoms with Gasteiger partial charge in [-0.1, -0.05) is 0 Å². The zero-order valence-corrected chi connectivity index (χ0v) is 19.3. The Hall–Kier alpha value is -1.84. The molecule has 0 unspecified atom stereocenters. The molecule has 1 aromatic carbocycles. The Morgan fingerprint density at radius 1 is 0.531 bits per heavy atom. The Morgan fingerprint density at radius 3 is 1.03 bits per heavy atom. The predicted octanol–water partition coefficient (Wildman–Crippen LogP) is 6.10. The van der Waals surface area contributed by atoms with Crippen LogP contribution in [0.1, 0.15) is 77.0 Å². The minimum Gasteiger partial charge on any atom is -0.387 e. The first kappa shape index (κ1) is 19.6. The molecule has 8 saturated carbocycles. The minimum atomic E-state index is 0.175. The quantitative estimate of drug-likeness (QED) is 0.447. The molecule has 8 bridgehead atoms. The van der Waals surface area contributed by atoms with Crippen LogP contribution in [0.2, 0.25) is 0 Å². The Morgan fingerprint density at radius 2 is 0.781 bits per heavy atom. The standard InChI is InChI=1S/C28H38N4/c29-25(27-11-17-5-18(12-27)7-19(6-17)13-27)31-23-1-2-24(4-3-23)32-26(30)28-14-20-8-21(15-28)10-22(9-20)16-28/h1-4,17-22H,5-16H2,(H2,29,31)(H2,30,32).